The smallest absolute Gasteiger partial charge is 0.0949 e. The lowest BCUT2D eigenvalue weighted by molar-refractivity contribution is 0.0587. The highest BCUT2D eigenvalue weighted by Crippen LogP contribution is 2.30. The van der Waals surface area contributed by atoms with E-state index in [1.54, 1.807) is 17.4 Å². The Labute approximate surface area is 129 Å². The fraction of sp³-hybridized carbons (Fsp3) is 0.438. The molecule has 112 valence electrons. The van der Waals surface area contributed by atoms with Gasteiger partial charge < -0.3 is 9.30 Å². The van der Waals surface area contributed by atoms with Crippen molar-refractivity contribution in [3.63, 3.8) is 0 Å². The van der Waals surface area contributed by atoms with Gasteiger partial charge in [-0.2, -0.15) is 11.3 Å². The summed E-state index contributed by atoms with van der Waals surface area (Å²) >= 11 is 1.75. The third-order valence-corrected chi connectivity index (χ3v) is 4.66. The van der Waals surface area contributed by atoms with Crippen LogP contribution in [0.3, 0.4) is 0 Å². The molecule has 2 aromatic rings. The van der Waals surface area contributed by atoms with E-state index in [2.05, 4.69) is 44.9 Å². The zero-order valence-corrected chi connectivity index (χ0v) is 13.2. The molecule has 3 rings (SSSR count). The first kappa shape index (κ1) is 14.5. The first-order valence-corrected chi connectivity index (χ1v) is 8.17. The Hall–Kier alpha value is -1.43. The highest BCUT2D eigenvalue weighted by molar-refractivity contribution is 7.07. The molecule has 2 aromatic heterocycles. The normalized spacial score (nSPS) is 18.6. The summed E-state index contributed by atoms with van der Waals surface area (Å²) in [5.74, 6) is 0. The average molecular weight is 303 g/mol. The Bertz CT molecular complexity index is 591. The van der Waals surface area contributed by atoms with Gasteiger partial charge in [0.25, 0.3) is 0 Å². The zero-order chi connectivity index (χ0) is 14.7. The van der Waals surface area contributed by atoms with E-state index < -0.39 is 0 Å². The molecule has 0 fully saturated rings. The number of hydrogen-bond donors (Lipinski definition) is 0. The molecule has 1 atom stereocenters. The Morgan fingerprint density at radius 3 is 3.24 bits per heavy atom. The molecule has 1 aliphatic rings. The fourth-order valence-corrected chi connectivity index (χ4v) is 3.60. The minimum absolute atomic E-state index is 0.265. The number of fused-ring (bicyclic) bond motifs is 1. The summed E-state index contributed by atoms with van der Waals surface area (Å²) in [6.07, 6.45) is 4.73. The van der Waals surface area contributed by atoms with Gasteiger partial charge in [-0.15, -0.1) is 6.58 Å². The lowest BCUT2D eigenvalue weighted by Gasteiger charge is -2.35. The maximum atomic E-state index is 5.75. The van der Waals surface area contributed by atoms with E-state index in [-0.39, 0.29) is 6.04 Å². The Kier molecular flexibility index (Phi) is 4.53. The van der Waals surface area contributed by atoms with Crippen molar-refractivity contribution < 1.29 is 4.74 Å². The molecule has 0 amide bonds. The first-order valence-electron chi connectivity index (χ1n) is 7.23. The van der Waals surface area contributed by atoms with Crippen LogP contribution in [0.25, 0.3) is 0 Å². The molecular weight excluding hydrogens is 282 g/mol. The lowest BCUT2D eigenvalue weighted by Crippen LogP contribution is -2.38. The van der Waals surface area contributed by atoms with Gasteiger partial charge in [-0.05, 0) is 22.4 Å². The van der Waals surface area contributed by atoms with Gasteiger partial charge in [0, 0.05) is 26.6 Å². The van der Waals surface area contributed by atoms with Crippen LogP contribution in [0.4, 0.5) is 0 Å². The van der Waals surface area contributed by atoms with E-state index in [0.717, 1.165) is 19.5 Å². The molecule has 21 heavy (non-hydrogen) atoms. The van der Waals surface area contributed by atoms with Crippen molar-refractivity contribution in [3.05, 3.63) is 52.8 Å². The van der Waals surface area contributed by atoms with Crippen LogP contribution in [-0.4, -0.2) is 34.2 Å². The van der Waals surface area contributed by atoms with Crippen molar-refractivity contribution in [1.29, 1.82) is 0 Å². The largest absolute Gasteiger partial charge is 0.375 e. The number of thiophene rings is 1. The third kappa shape index (κ3) is 3.10. The summed E-state index contributed by atoms with van der Waals surface area (Å²) in [6, 6.07) is 2.46. The Balaban J connectivity index is 1.81. The average Bonchev–Trinajstić information content (AvgIpc) is 3.11. The van der Waals surface area contributed by atoms with Crippen LogP contribution in [0.5, 0.6) is 0 Å². The van der Waals surface area contributed by atoms with Crippen LogP contribution >= 0.6 is 11.3 Å². The van der Waals surface area contributed by atoms with Crippen LogP contribution in [0.1, 0.15) is 23.0 Å². The number of aryl methyl sites for hydroxylation is 1. The molecule has 0 bridgehead atoms. The van der Waals surface area contributed by atoms with Crippen LogP contribution < -0.4 is 0 Å². The summed E-state index contributed by atoms with van der Waals surface area (Å²) in [6.45, 7) is 6.99. The molecule has 0 N–H and O–H groups in total. The maximum absolute atomic E-state index is 5.75. The standard InChI is InChI=1S/C16H21N3OS/c1-3-7-20-10-15-16-14(17-12-18(16)2)4-6-19(15)9-13-5-8-21-11-13/h3,5,8,11-12,15H,1,4,6-7,9-10H2,2H3. The van der Waals surface area contributed by atoms with Crippen molar-refractivity contribution in [2.75, 3.05) is 19.8 Å². The summed E-state index contributed by atoms with van der Waals surface area (Å²) in [4.78, 5) is 7.02. The predicted molar refractivity (Wildman–Crippen MR) is 85.4 cm³/mol. The van der Waals surface area contributed by atoms with Crippen molar-refractivity contribution in [2.45, 2.75) is 19.0 Å². The lowest BCUT2D eigenvalue weighted by atomic mass is 10.0. The number of imidazole rings is 1. The molecule has 5 heteroatoms. The Morgan fingerprint density at radius 2 is 2.48 bits per heavy atom. The van der Waals surface area contributed by atoms with Crippen LogP contribution in [0.15, 0.2) is 35.8 Å². The summed E-state index contributed by atoms with van der Waals surface area (Å²) < 4.78 is 7.89. The van der Waals surface area contributed by atoms with Crippen LogP contribution in [0, 0.1) is 0 Å². The summed E-state index contributed by atoms with van der Waals surface area (Å²) in [5, 5.41) is 4.36. The van der Waals surface area contributed by atoms with Crippen LogP contribution in [-0.2, 0) is 24.8 Å². The van der Waals surface area contributed by atoms with Gasteiger partial charge in [0.05, 0.1) is 37.0 Å². The molecule has 0 aromatic carbocycles. The molecule has 4 nitrogen and oxygen atoms in total. The van der Waals surface area contributed by atoms with Crippen molar-refractivity contribution in [3.8, 4) is 0 Å². The highest BCUT2D eigenvalue weighted by Gasteiger charge is 2.30. The van der Waals surface area contributed by atoms with Gasteiger partial charge in [0.1, 0.15) is 0 Å². The van der Waals surface area contributed by atoms with Gasteiger partial charge in [-0.1, -0.05) is 6.08 Å². The molecule has 0 saturated heterocycles. The van der Waals surface area contributed by atoms with Crippen LogP contribution in [0.2, 0.25) is 0 Å². The summed E-state index contributed by atoms with van der Waals surface area (Å²) in [5.41, 5.74) is 3.88. The van der Waals surface area contributed by atoms with E-state index in [0.29, 0.717) is 13.2 Å². The van der Waals surface area contributed by atoms with Crippen molar-refractivity contribution in [2.24, 2.45) is 7.05 Å². The number of nitrogens with zero attached hydrogens (tertiary/aromatic N) is 3. The van der Waals surface area contributed by atoms with Gasteiger partial charge in [-0.3, -0.25) is 4.90 Å². The predicted octanol–water partition coefficient (Wildman–Crippen LogP) is 2.78. The maximum Gasteiger partial charge on any atom is 0.0949 e. The monoisotopic (exact) mass is 303 g/mol. The number of rotatable bonds is 6. The SMILES string of the molecule is C=CCOCC1c2c(ncn2C)CCN1Cc1ccsc1. The summed E-state index contributed by atoms with van der Waals surface area (Å²) in [7, 11) is 2.07. The van der Waals surface area contributed by atoms with E-state index >= 15 is 0 Å². The fourth-order valence-electron chi connectivity index (χ4n) is 2.94. The molecule has 0 aliphatic carbocycles. The third-order valence-electron chi connectivity index (χ3n) is 3.93. The molecule has 3 heterocycles. The quantitative estimate of drug-likeness (QED) is 0.607. The molecule has 1 unspecified atom stereocenters. The van der Waals surface area contributed by atoms with E-state index in [9.17, 15) is 0 Å². The van der Waals surface area contributed by atoms with Gasteiger partial charge in [-0.25, -0.2) is 4.98 Å². The number of hydrogen-bond acceptors (Lipinski definition) is 4. The molecule has 0 saturated carbocycles. The first-order chi connectivity index (χ1) is 10.3. The second-order valence-corrected chi connectivity index (χ2v) is 6.16. The molecular formula is C16H21N3OS. The second-order valence-electron chi connectivity index (χ2n) is 5.38. The number of ether oxygens (including phenoxy) is 1. The van der Waals surface area contributed by atoms with Gasteiger partial charge in [0.15, 0.2) is 0 Å². The molecule has 0 radical (unpaired) electrons. The number of aromatic nitrogens is 2. The zero-order valence-electron chi connectivity index (χ0n) is 12.4. The van der Waals surface area contributed by atoms with E-state index in [1.165, 1.54) is 17.0 Å². The molecule has 0 spiro atoms. The topological polar surface area (TPSA) is 30.3 Å². The van der Waals surface area contributed by atoms with Crippen molar-refractivity contribution >= 4 is 11.3 Å². The van der Waals surface area contributed by atoms with Crippen molar-refractivity contribution in [1.82, 2.24) is 14.5 Å². The minimum atomic E-state index is 0.265. The highest BCUT2D eigenvalue weighted by atomic mass is 32.1. The van der Waals surface area contributed by atoms with E-state index in [1.807, 2.05) is 6.33 Å². The Morgan fingerprint density at radius 1 is 1.57 bits per heavy atom. The minimum Gasteiger partial charge on any atom is -0.375 e. The molecule has 1 aliphatic heterocycles. The second kappa shape index (κ2) is 6.56. The van der Waals surface area contributed by atoms with Gasteiger partial charge in [0.2, 0.25) is 0 Å². The van der Waals surface area contributed by atoms with E-state index in [4.69, 9.17) is 4.74 Å². The van der Waals surface area contributed by atoms with Gasteiger partial charge >= 0.3 is 0 Å².